The lowest BCUT2D eigenvalue weighted by Crippen LogP contribution is -2.38. The van der Waals surface area contributed by atoms with Crippen molar-refractivity contribution in [3.8, 4) is 0 Å². The van der Waals surface area contributed by atoms with E-state index in [9.17, 15) is 9.59 Å². The van der Waals surface area contributed by atoms with E-state index in [-0.39, 0.29) is 24.3 Å². The maximum atomic E-state index is 12.4. The van der Waals surface area contributed by atoms with Crippen molar-refractivity contribution in [2.45, 2.75) is 22.6 Å². The van der Waals surface area contributed by atoms with Crippen LogP contribution in [0.4, 0.5) is 5.69 Å². The molecule has 0 saturated heterocycles. The van der Waals surface area contributed by atoms with Crippen LogP contribution in [0.25, 0.3) is 0 Å². The van der Waals surface area contributed by atoms with Crippen LogP contribution in [0.2, 0.25) is 5.02 Å². The third-order valence-corrected chi connectivity index (χ3v) is 5.94. The van der Waals surface area contributed by atoms with Crippen LogP contribution in [0.3, 0.4) is 0 Å². The van der Waals surface area contributed by atoms with Gasteiger partial charge in [-0.1, -0.05) is 41.9 Å². The monoisotopic (exact) mass is 403 g/mol. The molecule has 0 unspecified atom stereocenters. The number of carbonyl (C=O) groups excluding carboxylic acids is 2. The average Bonchev–Trinajstić information content (AvgIpc) is 2.63. The molecule has 0 spiro atoms. The highest BCUT2D eigenvalue weighted by Gasteiger charge is 2.29. The van der Waals surface area contributed by atoms with E-state index in [4.69, 9.17) is 11.6 Å². The van der Waals surface area contributed by atoms with E-state index in [1.807, 2.05) is 50.5 Å². The molecule has 2 amide bonds. The van der Waals surface area contributed by atoms with Crippen LogP contribution in [-0.4, -0.2) is 42.6 Å². The number of nitrogens with one attached hydrogen (secondary N) is 2. The van der Waals surface area contributed by atoms with Crippen LogP contribution in [0, 0.1) is 0 Å². The molecule has 0 bridgehead atoms. The molecule has 2 aromatic rings. The molecule has 2 aromatic carbocycles. The molecular weight excluding hydrogens is 382 g/mol. The summed E-state index contributed by atoms with van der Waals surface area (Å²) in [7, 11) is 3.96. The molecule has 2 N–H and O–H groups in total. The van der Waals surface area contributed by atoms with Crippen molar-refractivity contribution in [3.63, 3.8) is 0 Å². The fourth-order valence-electron chi connectivity index (χ4n) is 2.98. The predicted octanol–water partition coefficient (Wildman–Crippen LogP) is 3.56. The van der Waals surface area contributed by atoms with Gasteiger partial charge >= 0.3 is 0 Å². The number of hydrogen-bond acceptors (Lipinski definition) is 4. The zero-order valence-corrected chi connectivity index (χ0v) is 16.8. The number of fused-ring (bicyclic) bond motifs is 1. The van der Waals surface area contributed by atoms with Gasteiger partial charge in [0, 0.05) is 22.9 Å². The minimum atomic E-state index is -0.451. The molecule has 1 aliphatic rings. The first kappa shape index (κ1) is 19.7. The number of thioether (sulfide) groups is 1. The standard InChI is InChI=1S/C20H22ClN3O2S/c1-24(2)16(13-6-4-3-5-7-13)12-22-19(25)11-18-20(26)23-15-10-14(21)8-9-17(15)27-18/h3-10,16,18H,11-12H2,1-2H3,(H,22,25)(H,23,26)/t16-,18+/m1/s1. The molecule has 0 aromatic heterocycles. The van der Waals surface area contributed by atoms with Gasteiger partial charge in [-0.15, -0.1) is 11.8 Å². The summed E-state index contributed by atoms with van der Waals surface area (Å²) < 4.78 is 0. The Morgan fingerprint density at radius 2 is 2.00 bits per heavy atom. The summed E-state index contributed by atoms with van der Waals surface area (Å²) in [4.78, 5) is 27.7. The quantitative estimate of drug-likeness (QED) is 0.774. The van der Waals surface area contributed by atoms with Crippen LogP contribution in [0.5, 0.6) is 0 Å². The lowest BCUT2D eigenvalue weighted by Gasteiger charge is -2.26. The molecule has 27 heavy (non-hydrogen) atoms. The fraction of sp³-hybridized carbons (Fsp3) is 0.300. The topological polar surface area (TPSA) is 61.4 Å². The number of amides is 2. The van der Waals surface area contributed by atoms with Gasteiger partial charge in [0.1, 0.15) is 0 Å². The molecule has 2 atom stereocenters. The van der Waals surface area contributed by atoms with Gasteiger partial charge in [-0.2, -0.15) is 0 Å². The van der Waals surface area contributed by atoms with Crippen molar-refractivity contribution in [3.05, 3.63) is 59.1 Å². The maximum absolute atomic E-state index is 12.4. The van der Waals surface area contributed by atoms with Crippen molar-refractivity contribution < 1.29 is 9.59 Å². The van der Waals surface area contributed by atoms with Crippen LogP contribution < -0.4 is 10.6 Å². The zero-order chi connectivity index (χ0) is 19.4. The first-order chi connectivity index (χ1) is 12.9. The number of rotatable bonds is 6. The van der Waals surface area contributed by atoms with E-state index in [1.165, 1.54) is 11.8 Å². The first-order valence-electron chi connectivity index (χ1n) is 8.69. The Kier molecular flexibility index (Phi) is 6.42. The molecule has 5 nitrogen and oxygen atoms in total. The molecular formula is C20H22ClN3O2S. The number of carbonyl (C=O) groups is 2. The van der Waals surface area contributed by atoms with Gasteiger partial charge in [0.2, 0.25) is 11.8 Å². The Morgan fingerprint density at radius 1 is 1.26 bits per heavy atom. The molecule has 1 heterocycles. The molecule has 1 aliphatic heterocycles. The molecule has 0 aliphatic carbocycles. The van der Waals surface area contributed by atoms with E-state index in [2.05, 4.69) is 15.5 Å². The van der Waals surface area contributed by atoms with Crippen molar-refractivity contribution >= 4 is 40.9 Å². The molecule has 142 valence electrons. The van der Waals surface area contributed by atoms with E-state index < -0.39 is 5.25 Å². The van der Waals surface area contributed by atoms with Gasteiger partial charge in [0.25, 0.3) is 0 Å². The first-order valence-corrected chi connectivity index (χ1v) is 9.95. The minimum absolute atomic E-state index is 0.0749. The third-order valence-electron chi connectivity index (χ3n) is 4.43. The highest BCUT2D eigenvalue weighted by Crippen LogP contribution is 2.38. The number of nitrogens with zero attached hydrogens (tertiary/aromatic N) is 1. The molecule has 3 rings (SSSR count). The van der Waals surface area contributed by atoms with Crippen LogP contribution in [0.15, 0.2) is 53.4 Å². The van der Waals surface area contributed by atoms with E-state index in [0.29, 0.717) is 17.3 Å². The lowest BCUT2D eigenvalue weighted by atomic mass is 10.1. The van der Waals surface area contributed by atoms with Crippen LogP contribution >= 0.6 is 23.4 Å². The third kappa shape index (κ3) is 5.03. The minimum Gasteiger partial charge on any atom is -0.354 e. The fourth-order valence-corrected chi connectivity index (χ4v) is 4.24. The highest BCUT2D eigenvalue weighted by molar-refractivity contribution is 8.01. The Labute approximate surface area is 168 Å². The smallest absolute Gasteiger partial charge is 0.238 e. The Bertz CT molecular complexity index is 829. The summed E-state index contributed by atoms with van der Waals surface area (Å²) in [5, 5.41) is 5.92. The van der Waals surface area contributed by atoms with Crippen molar-refractivity contribution in [2.75, 3.05) is 26.0 Å². The summed E-state index contributed by atoms with van der Waals surface area (Å²) in [6.45, 7) is 0.487. The summed E-state index contributed by atoms with van der Waals surface area (Å²) in [6, 6.07) is 15.5. The summed E-state index contributed by atoms with van der Waals surface area (Å²) >= 11 is 7.36. The van der Waals surface area contributed by atoms with Gasteiger partial charge in [0.15, 0.2) is 0 Å². The van der Waals surface area contributed by atoms with Gasteiger partial charge in [-0.05, 0) is 37.9 Å². The molecule has 0 radical (unpaired) electrons. The van der Waals surface area contributed by atoms with Gasteiger partial charge in [-0.3, -0.25) is 9.59 Å². The highest BCUT2D eigenvalue weighted by atomic mass is 35.5. The van der Waals surface area contributed by atoms with Crippen LogP contribution in [-0.2, 0) is 9.59 Å². The SMILES string of the molecule is CN(C)[C@H](CNC(=O)C[C@@H]1Sc2ccc(Cl)cc2NC1=O)c1ccccc1. The second-order valence-corrected chi connectivity index (χ2v) is 8.32. The van der Waals surface area contributed by atoms with Gasteiger partial charge < -0.3 is 15.5 Å². The van der Waals surface area contributed by atoms with E-state index in [0.717, 1.165) is 10.5 Å². The number of anilines is 1. The van der Waals surface area contributed by atoms with Crippen molar-refractivity contribution in [1.29, 1.82) is 0 Å². The van der Waals surface area contributed by atoms with Crippen molar-refractivity contribution in [1.82, 2.24) is 10.2 Å². The van der Waals surface area contributed by atoms with E-state index in [1.54, 1.807) is 12.1 Å². The number of likely N-dealkylation sites (N-methyl/N-ethyl adjacent to an activating group) is 1. The molecule has 0 fully saturated rings. The molecule has 0 saturated carbocycles. The molecule has 7 heteroatoms. The Hall–Kier alpha value is -2.02. The summed E-state index contributed by atoms with van der Waals surface area (Å²) in [6.07, 6.45) is 0.132. The Balaban J connectivity index is 1.59. The second-order valence-electron chi connectivity index (χ2n) is 6.63. The number of halogens is 1. The van der Waals surface area contributed by atoms with Gasteiger partial charge in [0.05, 0.1) is 17.0 Å². The number of benzene rings is 2. The number of hydrogen-bond donors (Lipinski definition) is 2. The van der Waals surface area contributed by atoms with Crippen LogP contribution in [0.1, 0.15) is 18.0 Å². The Morgan fingerprint density at radius 3 is 2.70 bits per heavy atom. The normalized spacial score (nSPS) is 17.2. The van der Waals surface area contributed by atoms with E-state index >= 15 is 0 Å². The second kappa shape index (κ2) is 8.78. The van der Waals surface area contributed by atoms with Gasteiger partial charge in [-0.25, -0.2) is 0 Å². The summed E-state index contributed by atoms with van der Waals surface area (Å²) in [5.41, 5.74) is 1.84. The summed E-state index contributed by atoms with van der Waals surface area (Å²) in [5.74, 6) is -0.306. The maximum Gasteiger partial charge on any atom is 0.238 e. The lowest BCUT2D eigenvalue weighted by molar-refractivity contribution is -0.124. The predicted molar refractivity (Wildman–Crippen MR) is 110 cm³/mol. The average molecular weight is 404 g/mol. The van der Waals surface area contributed by atoms with Crippen molar-refractivity contribution in [2.24, 2.45) is 0 Å². The largest absolute Gasteiger partial charge is 0.354 e. The zero-order valence-electron chi connectivity index (χ0n) is 15.2.